The van der Waals surface area contributed by atoms with Crippen LogP contribution in [0.4, 0.5) is 0 Å². The summed E-state index contributed by atoms with van der Waals surface area (Å²) in [6.07, 6.45) is 0. The molecule has 3 nitrogen and oxygen atoms in total. The van der Waals surface area contributed by atoms with E-state index < -0.39 is 19.2 Å². The summed E-state index contributed by atoms with van der Waals surface area (Å²) in [6, 6.07) is 42.0. The molecule has 0 saturated carbocycles. The molecule has 6 aromatic rings. The number of fused-ring (bicyclic) bond motifs is 4. The van der Waals surface area contributed by atoms with Gasteiger partial charge in [-0.25, -0.2) is 0 Å². The van der Waals surface area contributed by atoms with Crippen LogP contribution in [-0.4, -0.2) is 9.46 Å². The molecule has 0 spiro atoms. The molecule has 2 unspecified atom stereocenters. The van der Waals surface area contributed by atoms with Crippen LogP contribution < -0.4 is 21.2 Å². The second-order valence-corrected chi connectivity index (χ2v) is 17.4. The Kier molecular flexibility index (Phi) is 5.05. The van der Waals surface area contributed by atoms with Crippen molar-refractivity contribution in [3.05, 3.63) is 127 Å². The fourth-order valence-electron chi connectivity index (χ4n) is 6.40. The summed E-state index contributed by atoms with van der Waals surface area (Å²) < 4.78 is 33.6. The van der Waals surface area contributed by atoms with Gasteiger partial charge in [-0.2, -0.15) is 0 Å². The van der Waals surface area contributed by atoms with Crippen LogP contribution in [-0.2, 0) is 9.13 Å². The molecule has 5 aromatic carbocycles. The van der Waals surface area contributed by atoms with Crippen LogP contribution in [0.2, 0.25) is 0 Å². The topological polar surface area (TPSA) is 39.1 Å². The van der Waals surface area contributed by atoms with Gasteiger partial charge >= 0.3 is 0 Å². The Morgan fingerprint density at radius 1 is 0.526 bits per heavy atom. The van der Waals surface area contributed by atoms with Crippen molar-refractivity contribution < 1.29 is 9.13 Å². The first-order valence-corrected chi connectivity index (χ1v) is 16.3. The molecule has 1 aliphatic heterocycles. The van der Waals surface area contributed by atoms with Gasteiger partial charge in [-0.15, -0.1) is 0 Å². The van der Waals surface area contributed by atoms with Crippen molar-refractivity contribution in [2.45, 2.75) is 18.7 Å². The third-order valence-electron chi connectivity index (χ3n) is 8.25. The largest absolute Gasteiger partial charge is 0.313 e. The summed E-state index contributed by atoms with van der Waals surface area (Å²) in [5.74, 6) is 0. The van der Waals surface area contributed by atoms with E-state index in [4.69, 9.17) is 0 Å². The minimum absolute atomic E-state index is 0.709. The molecule has 1 aromatic heterocycles. The summed E-state index contributed by atoms with van der Waals surface area (Å²) in [6.45, 7) is 3.90. The smallest absolute Gasteiger partial charge is 0.159 e. The van der Waals surface area contributed by atoms with Gasteiger partial charge in [-0.1, -0.05) is 109 Å². The number of benzene rings is 5. The molecule has 2 atom stereocenters. The lowest BCUT2D eigenvalue weighted by Gasteiger charge is -2.34. The van der Waals surface area contributed by atoms with Crippen molar-refractivity contribution in [1.29, 1.82) is 0 Å². The van der Waals surface area contributed by atoms with Crippen LogP contribution in [0, 0.1) is 0 Å². The van der Waals surface area contributed by atoms with Gasteiger partial charge in [0.05, 0.1) is 26.9 Å². The maximum absolute atomic E-state index is 15.9. The van der Waals surface area contributed by atoms with E-state index >= 15 is 9.13 Å². The summed E-state index contributed by atoms with van der Waals surface area (Å²) in [5, 5.41) is 5.19. The van der Waals surface area contributed by atoms with Gasteiger partial charge < -0.3 is 13.7 Å². The summed E-state index contributed by atoms with van der Waals surface area (Å²) in [4.78, 5) is -1.01. The van der Waals surface area contributed by atoms with Gasteiger partial charge in [0.15, 0.2) is 14.3 Å². The van der Waals surface area contributed by atoms with Crippen molar-refractivity contribution >= 4 is 57.3 Å². The van der Waals surface area contributed by atoms with Crippen LogP contribution in [0.3, 0.4) is 0 Å². The van der Waals surface area contributed by atoms with E-state index in [9.17, 15) is 0 Å². The Labute approximate surface area is 222 Å². The number of hydrogen-bond acceptors (Lipinski definition) is 2. The number of hydrogen-bond donors (Lipinski definition) is 0. The van der Waals surface area contributed by atoms with Crippen LogP contribution in [0.1, 0.15) is 13.8 Å². The predicted octanol–water partition coefficient (Wildman–Crippen LogP) is 7.16. The van der Waals surface area contributed by atoms with Crippen molar-refractivity contribution in [2.75, 3.05) is 0 Å². The molecular weight excluding hydrogens is 504 g/mol. The molecule has 0 fully saturated rings. The Morgan fingerprint density at radius 3 is 1.55 bits per heavy atom. The Balaban J connectivity index is 1.69. The minimum atomic E-state index is -3.42. The number of para-hydroxylation sites is 2. The highest BCUT2D eigenvalue weighted by Gasteiger charge is 2.64. The molecule has 2 heterocycles. The number of aromatic nitrogens is 1. The zero-order valence-corrected chi connectivity index (χ0v) is 23.1. The molecule has 0 bridgehead atoms. The molecule has 0 N–H and O–H groups in total. The first-order valence-electron chi connectivity index (χ1n) is 12.8. The van der Waals surface area contributed by atoms with Gasteiger partial charge in [0.1, 0.15) is 0 Å². The SMILES string of the molecule is CC1(C)P(=O)(c2ccccc2)c2cccc(-n3c4ccccc4c4ccccc43)c2P1(=O)c1ccccc1. The van der Waals surface area contributed by atoms with Crippen molar-refractivity contribution in [1.82, 2.24) is 4.57 Å². The van der Waals surface area contributed by atoms with Crippen LogP contribution >= 0.6 is 14.3 Å². The first kappa shape index (κ1) is 23.5. The summed E-state index contributed by atoms with van der Waals surface area (Å²) in [7, 11) is -6.75. The third kappa shape index (κ3) is 2.81. The fourth-order valence-corrected chi connectivity index (χ4v) is 15.9. The lowest BCUT2D eigenvalue weighted by Crippen LogP contribution is -2.30. The molecule has 186 valence electrons. The zero-order valence-electron chi connectivity index (χ0n) is 21.3. The molecular formula is C33H27NO2P2. The molecule has 0 amide bonds. The van der Waals surface area contributed by atoms with Gasteiger partial charge in [-0.3, -0.25) is 0 Å². The highest BCUT2D eigenvalue weighted by atomic mass is 31.2. The number of rotatable bonds is 3. The monoisotopic (exact) mass is 531 g/mol. The first-order chi connectivity index (χ1) is 18.4. The fraction of sp³-hybridized carbons (Fsp3) is 0.0909. The van der Waals surface area contributed by atoms with Gasteiger partial charge in [0.25, 0.3) is 0 Å². The standard InChI is InChI=1S/C33H27NO2P2/c1-33(2)37(35,24-14-5-3-6-15-24)31-23-13-22-30(32(31)38(33,36)25-16-7-4-8-17-25)34-28-20-11-9-18-26(28)27-19-10-12-21-29(27)34/h3-23H,1-2H3. The molecule has 1 aliphatic rings. The second kappa shape index (κ2) is 8.18. The Hall–Kier alpha value is -3.64. The molecule has 0 aliphatic carbocycles. The van der Waals surface area contributed by atoms with E-state index in [0.29, 0.717) is 5.30 Å². The molecule has 7 rings (SSSR count). The summed E-state index contributed by atoms with van der Waals surface area (Å²) in [5.41, 5.74) is 2.93. The van der Waals surface area contributed by atoms with E-state index in [0.717, 1.165) is 43.4 Å². The summed E-state index contributed by atoms with van der Waals surface area (Å²) >= 11 is 0. The van der Waals surface area contributed by atoms with Crippen molar-refractivity contribution in [3.63, 3.8) is 0 Å². The van der Waals surface area contributed by atoms with Crippen LogP contribution in [0.5, 0.6) is 0 Å². The lowest BCUT2D eigenvalue weighted by molar-refractivity contribution is 0.563. The van der Waals surface area contributed by atoms with Crippen LogP contribution in [0.25, 0.3) is 27.5 Å². The maximum Gasteiger partial charge on any atom is 0.159 e. The van der Waals surface area contributed by atoms with Gasteiger partial charge in [-0.05, 0) is 32.0 Å². The average Bonchev–Trinajstić information content (AvgIpc) is 3.37. The van der Waals surface area contributed by atoms with E-state index in [-0.39, 0.29) is 0 Å². The van der Waals surface area contributed by atoms with E-state index in [2.05, 4.69) is 41.0 Å². The zero-order chi connectivity index (χ0) is 26.1. The maximum atomic E-state index is 15.9. The Bertz CT molecular complexity index is 1900. The second-order valence-electron chi connectivity index (χ2n) is 10.4. The lowest BCUT2D eigenvalue weighted by atomic mass is 10.2. The van der Waals surface area contributed by atoms with Crippen molar-refractivity contribution in [2.24, 2.45) is 0 Å². The normalized spacial score (nSPS) is 22.1. The number of nitrogens with zero attached hydrogens (tertiary/aromatic N) is 1. The third-order valence-corrected chi connectivity index (χ3v) is 17.4. The van der Waals surface area contributed by atoms with E-state index in [1.165, 1.54) is 0 Å². The van der Waals surface area contributed by atoms with E-state index in [1.54, 1.807) is 0 Å². The minimum Gasteiger partial charge on any atom is -0.313 e. The molecule has 38 heavy (non-hydrogen) atoms. The highest BCUT2D eigenvalue weighted by Crippen LogP contribution is 2.78. The van der Waals surface area contributed by atoms with Gasteiger partial charge in [0, 0.05) is 26.7 Å². The highest BCUT2D eigenvalue weighted by molar-refractivity contribution is 8.01. The quantitative estimate of drug-likeness (QED) is 0.227. The van der Waals surface area contributed by atoms with Crippen molar-refractivity contribution in [3.8, 4) is 5.69 Å². The van der Waals surface area contributed by atoms with Gasteiger partial charge in [0.2, 0.25) is 0 Å². The average molecular weight is 532 g/mol. The molecule has 0 radical (unpaired) electrons. The molecule has 0 saturated heterocycles. The predicted molar refractivity (Wildman–Crippen MR) is 161 cm³/mol. The van der Waals surface area contributed by atoms with E-state index in [1.807, 2.05) is 105 Å². The van der Waals surface area contributed by atoms with Crippen LogP contribution in [0.15, 0.2) is 127 Å². The Morgan fingerprint density at radius 2 is 1.00 bits per heavy atom. The molecule has 5 heteroatoms.